The molecule has 6 nitrogen and oxygen atoms in total. The summed E-state index contributed by atoms with van der Waals surface area (Å²) < 4.78 is 0. The Hall–Kier alpha value is -3.54. The molecule has 2 heterocycles. The van der Waals surface area contributed by atoms with Crippen molar-refractivity contribution in [3.63, 3.8) is 0 Å². The molecule has 0 radical (unpaired) electrons. The lowest BCUT2D eigenvalue weighted by molar-refractivity contribution is 0.529. The van der Waals surface area contributed by atoms with Crippen molar-refractivity contribution >= 4 is 28.4 Å². The van der Waals surface area contributed by atoms with Gasteiger partial charge in [0.25, 0.3) is 0 Å². The number of benzene rings is 2. The molecular formula is C28H38N6. The third kappa shape index (κ3) is 4.20. The summed E-state index contributed by atoms with van der Waals surface area (Å²) in [6.45, 7) is 4.17. The van der Waals surface area contributed by atoms with Gasteiger partial charge in [-0.05, 0) is 55.3 Å². The summed E-state index contributed by atoms with van der Waals surface area (Å²) in [6.07, 6.45) is 8.91. The standard InChI is InChI=1S/C28H38N6/c1-9-19(11-14-21(10-2)31(3)4)27-29-23-17-24-26(18-25(23)33(27)7)34(8)28(30-24)20-12-15-22(16-13-20)32(5)6/h9-18,27-30H,1-8H3/b14-11-,19-9+,21-10+. The van der Waals surface area contributed by atoms with Crippen LogP contribution < -0.4 is 25.3 Å². The van der Waals surface area contributed by atoms with Gasteiger partial charge in [0.05, 0.1) is 22.7 Å². The van der Waals surface area contributed by atoms with Gasteiger partial charge in [0, 0.05) is 53.7 Å². The van der Waals surface area contributed by atoms with Gasteiger partial charge in [-0.1, -0.05) is 30.4 Å². The van der Waals surface area contributed by atoms with E-state index in [0.717, 1.165) is 11.4 Å². The van der Waals surface area contributed by atoms with Crippen molar-refractivity contribution in [3.05, 3.63) is 77.5 Å². The van der Waals surface area contributed by atoms with Crippen LogP contribution in [0, 0.1) is 0 Å². The molecule has 4 rings (SSSR count). The van der Waals surface area contributed by atoms with Crippen molar-refractivity contribution in [2.24, 2.45) is 0 Å². The molecule has 2 aliphatic heterocycles. The summed E-state index contributed by atoms with van der Waals surface area (Å²) in [5.74, 6) is 0. The van der Waals surface area contributed by atoms with E-state index in [0.29, 0.717) is 0 Å². The van der Waals surface area contributed by atoms with E-state index in [1.54, 1.807) is 0 Å². The van der Waals surface area contributed by atoms with Crippen LogP contribution >= 0.6 is 0 Å². The molecule has 0 saturated carbocycles. The minimum atomic E-state index is 0.0960. The van der Waals surface area contributed by atoms with Crippen molar-refractivity contribution in [2.45, 2.75) is 26.2 Å². The van der Waals surface area contributed by atoms with Crippen LogP contribution in [0.4, 0.5) is 28.4 Å². The van der Waals surface area contributed by atoms with Gasteiger partial charge < -0.3 is 30.2 Å². The smallest absolute Gasteiger partial charge is 0.125 e. The first kappa shape index (κ1) is 23.6. The topological polar surface area (TPSA) is 37.0 Å². The quantitative estimate of drug-likeness (QED) is 0.559. The zero-order valence-corrected chi connectivity index (χ0v) is 21.7. The molecule has 0 fully saturated rings. The molecule has 6 heteroatoms. The number of fused-ring (bicyclic) bond motifs is 2. The van der Waals surface area contributed by atoms with Crippen LogP contribution in [0.15, 0.2) is 72.0 Å². The van der Waals surface area contributed by atoms with E-state index < -0.39 is 0 Å². The van der Waals surface area contributed by atoms with Gasteiger partial charge >= 0.3 is 0 Å². The molecule has 180 valence electrons. The number of likely N-dealkylation sites (N-methyl/N-ethyl adjacent to an activating group) is 2. The number of hydrogen-bond acceptors (Lipinski definition) is 6. The molecule has 0 spiro atoms. The predicted molar refractivity (Wildman–Crippen MR) is 148 cm³/mol. The number of allylic oxidation sites excluding steroid dienone is 3. The van der Waals surface area contributed by atoms with Crippen molar-refractivity contribution in [3.8, 4) is 0 Å². The minimum absolute atomic E-state index is 0.0960. The first-order chi connectivity index (χ1) is 16.2. The molecule has 2 N–H and O–H groups in total. The zero-order chi connectivity index (χ0) is 24.6. The summed E-state index contributed by atoms with van der Waals surface area (Å²) >= 11 is 0. The van der Waals surface area contributed by atoms with Gasteiger partial charge in [-0.2, -0.15) is 0 Å². The number of hydrogen-bond donors (Lipinski definition) is 2. The Morgan fingerprint density at radius 2 is 1.47 bits per heavy atom. The normalized spacial score (nSPS) is 19.8. The zero-order valence-electron chi connectivity index (χ0n) is 21.7. The van der Waals surface area contributed by atoms with Crippen LogP contribution in [0.5, 0.6) is 0 Å². The van der Waals surface area contributed by atoms with Gasteiger partial charge in [0.15, 0.2) is 0 Å². The Bertz CT molecular complexity index is 1130. The maximum atomic E-state index is 3.73. The van der Waals surface area contributed by atoms with E-state index >= 15 is 0 Å². The number of anilines is 5. The largest absolute Gasteiger partial charge is 0.378 e. The lowest BCUT2D eigenvalue weighted by Gasteiger charge is -2.25. The average Bonchev–Trinajstić information content (AvgIpc) is 3.31. The molecule has 2 unspecified atom stereocenters. The van der Waals surface area contributed by atoms with E-state index in [-0.39, 0.29) is 12.3 Å². The Kier molecular flexibility index (Phi) is 6.51. The minimum Gasteiger partial charge on any atom is -0.378 e. The van der Waals surface area contributed by atoms with Crippen molar-refractivity contribution in [1.29, 1.82) is 0 Å². The molecule has 2 aromatic rings. The molecular weight excluding hydrogens is 420 g/mol. The molecule has 34 heavy (non-hydrogen) atoms. The molecule has 2 atom stereocenters. The third-order valence-corrected chi connectivity index (χ3v) is 6.87. The summed E-state index contributed by atoms with van der Waals surface area (Å²) in [6, 6.07) is 13.3. The number of rotatable bonds is 6. The Labute approximate surface area is 204 Å². The second kappa shape index (κ2) is 9.37. The first-order valence-corrected chi connectivity index (χ1v) is 11.9. The van der Waals surface area contributed by atoms with E-state index in [1.807, 2.05) is 0 Å². The van der Waals surface area contributed by atoms with E-state index in [1.165, 1.54) is 33.9 Å². The van der Waals surface area contributed by atoms with Crippen LogP contribution in [-0.2, 0) is 0 Å². The average molecular weight is 459 g/mol. The van der Waals surface area contributed by atoms with E-state index in [2.05, 4.69) is 147 Å². The Morgan fingerprint density at radius 3 is 2.06 bits per heavy atom. The Balaban J connectivity index is 1.56. The van der Waals surface area contributed by atoms with Gasteiger partial charge in [0.1, 0.15) is 12.3 Å². The second-order valence-corrected chi connectivity index (χ2v) is 9.42. The highest BCUT2D eigenvalue weighted by molar-refractivity contribution is 5.90. The monoisotopic (exact) mass is 458 g/mol. The van der Waals surface area contributed by atoms with Crippen molar-refractivity contribution in [1.82, 2.24) is 4.90 Å². The number of nitrogens with one attached hydrogen (secondary N) is 2. The molecule has 0 amide bonds. The van der Waals surface area contributed by atoms with Gasteiger partial charge in [-0.25, -0.2) is 0 Å². The highest BCUT2D eigenvalue weighted by atomic mass is 15.3. The van der Waals surface area contributed by atoms with E-state index in [4.69, 9.17) is 0 Å². The van der Waals surface area contributed by atoms with Crippen LogP contribution in [0.3, 0.4) is 0 Å². The highest BCUT2D eigenvalue weighted by Crippen LogP contribution is 2.48. The van der Waals surface area contributed by atoms with Crippen LogP contribution in [0.25, 0.3) is 0 Å². The van der Waals surface area contributed by atoms with Crippen molar-refractivity contribution in [2.75, 3.05) is 67.6 Å². The van der Waals surface area contributed by atoms with Gasteiger partial charge in [0.2, 0.25) is 0 Å². The number of nitrogens with zero attached hydrogens (tertiary/aromatic N) is 4. The SMILES string of the molecule is C\C=C(/C=C\C(=C/C)N(C)C)C1Nc2cc3c(cc2N1C)N(C)C(c1ccc(N(C)C)cc1)N3. The molecule has 0 aromatic heterocycles. The third-order valence-electron chi connectivity index (χ3n) is 6.87. The second-order valence-electron chi connectivity index (χ2n) is 9.42. The lowest BCUT2D eigenvalue weighted by Crippen LogP contribution is -2.33. The molecule has 2 aromatic carbocycles. The van der Waals surface area contributed by atoms with Crippen LogP contribution in [-0.4, -0.2) is 53.4 Å². The molecule has 0 saturated heterocycles. The van der Waals surface area contributed by atoms with Gasteiger partial charge in [-0.15, -0.1) is 0 Å². The maximum absolute atomic E-state index is 3.73. The summed E-state index contributed by atoms with van der Waals surface area (Å²) in [4.78, 5) is 8.91. The fraction of sp³-hybridized carbons (Fsp3) is 0.357. The molecule has 2 aliphatic rings. The predicted octanol–water partition coefficient (Wildman–Crippen LogP) is 5.47. The molecule has 0 bridgehead atoms. The summed E-state index contributed by atoms with van der Waals surface area (Å²) in [7, 11) is 12.6. The maximum Gasteiger partial charge on any atom is 0.125 e. The molecule has 0 aliphatic carbocycles. The van der Waals surface area contributed by atoms with Crippen LogP contribution in [0.1, 0.15) is 25.6 Å². The fourth-order valence-electron chi connectivity index (χ4n) is 4.76. The lowest BCUT2D eigenvalue weighted by atomic mass is 10.1. The fourth-order valence-corrected chi connectivity index (χ4v) is 4.76. The summed E-state index contributed by atoms with van der Waals surface area (Å²) in [5, 5.41) is 7.46. The summed E-state index contributed by atoms with van der Waals surface area (Å²) in [5.41, 5.74) is 9.63. The van der Waals surface area contributed by atoms with E-state index in [9.17, 15) is 0 Å². The first-order valence-electron chi connectivity index (χ1n) is 11.9. The highest BCUT2D eigenvalue weighted by Gasteiger charge is 2.33. The van der Waals surface area contributed by atoms with Crippen molar-refractivity contribution < 1.29 is 0 Å². The van der Waals surface area contributed by atoms with Gasteiger partial charge in [-0.3, -0.25) is 0 Å². The van der Waals surface area contributed by atoms with Crippen LogP contribution in [0.2, 0.25) is 0 Å². The Morgan fingerprint density at radius 1 is 0.824 bits per heavy atom.